The number of benzene rings is 2. The number of nitrogens with zero attached hydrogens (tertiary/aromatic N) is 2. The predicted molar refractivity (Wildman–Crippen MR) is 118 cm³/mol. The number of carbonyl (C=O) groups excluding carboxylic acids is 2. The number of aromatic nitrogens is 2. The molecule has 0 spiro atoms. The standard InChI is InChI=1S/C22H21FN4O5S/c23-15-3-1-14(2-4-15)8-24-20(29)10-27-17(11-28)9-25-22(27)33-12-21(30)26-16-5-6-18-19(7-16)32-13-31-18/h1-7,9,28H,8,10-13H2,(H,24,29)(H,26,30). The number of aliphatic hydroxyl groups is 1. The molecule has 3 aromatic rings. The highest BCUT2D eigenvalue weighted by Crippen LogP contribution is 2.34. The van der Waals surface area contributed by atoms with Crippen LogP contribution in [0.25, 0.3) is 0 Å². The number of amides is 2. The molecule has 9 nitrogen and oxygen atoms in total. The topological polar surface area (TPSA) is 115 Å². The van der Waals surface area contributed by atoms with E-state index in [1.807, 2.05) is 0 Å². The minimum Gasteiger partial charge on any atom is -0.454 e. The Morgan fingerprint density at radius 3 is 2.70 bits per heavy atom. The third kappa shape index (κ3) is 5.82. The number of halogens is 1. The zero-order valence-corrected chi connectivity index (χ0v) is 18.2. The Balaban J connectivity index is 1.32. The van der Waals surface area contributed by atoms with Gasteiger partial charge in [0.05, 0.1) is 24.3 Å². The fourth-order valence-electron chi connectivity index (χ4n) is 3.11. The number of nitrogens with one attached hydrogen (secondary N) is 2. The van der Waals surface area contributed by atoms with Gasteiger partial charge in [0.2, 0.25) is 18.6 Å². The lowest BCUT2D eigenvalue weighted by Crippen LogP contribution is -2.28. The first-order chi connectivity index (χ1) is 16.0. The van der Waals surface area contributed by atoms with Crippen LogP contribution in [0, 0.1) is 5.82 Å². The van der Waals surface area contributed by atoms with Crippen molar-refractivity contribution in [2.45, 2.75) is 24.9 Å². The number of rotatable bonds is 9. The number of imidazole rings is 1. The molecule has 11 heteroatoms. The fraction of sp³-hybridized carbons (Fsp3) is 0.227. The van der Waals surface area contributed by atoms with Crippen molar-refractivity contribution in [1.82, 2.24) is 14.9 Å². The highest BCUT2D eigenvalue weighted by atomic mass is 32.2. The molecule has 0 saturated heterocycles. The van der Waals surface area contributed by atoms with Gasteiger partial charge in [-0.1, -0.05) is 23.9 Å². The second-order valence-corrected chi connectivity index (χ2v) is 8.03. The zero-order chi connectivity index (χ0) is 23.2. The van der Waals surface area contributed by atoms with Crippen molar-refractivity contribution < 1.29 is 28.6 Å². The summed E-state index contributed by atoms with van der Waals surface area (Å²) in [5.74, 6) is 0.320. The molecule has 2 heterocycles. The third-order valence-corrected chi connectivity index (χ3v) is 5.75. The second-order valence-electron chi connectivity index (χ2n) is 7.08. The van der Waals surface area contributed by atoms with Crippen LogP contribution in [0.3, 0.4) is 0 Å². The van der Waals surface area contributed by atoms with E-state index in [-0.39, 0.29) is 49.9 Å². The fourth-order valence-corrected chi connectivity index (χ4v) is 3.90. The average molecular weight is 472 g/mol. The van der Waals surface area contributed by atoms with Crippen LogP contribution in [0.1, 0.15) is 11.3 Å². The molecule has 0 atom stereocenters. The quantitative estimate of drug-likeness (QED) is 0.410. The van der Waals surface area contributed by atoms with Crippen molar-refractivity contribution >= 4 is 29.3 Å². The van der Waals surface area contributed by atoms with Crippen LogP contribution in [0.2, 0.25) is 0 Å². The lowest BCUT2D eigenvalue weighted by molar-refractivity contribution is -0.122. The van der Waals surface area contributed by atoms with Crippen LogP contribution < -0.4 is 20.1 Å². The Morgan fingerprint density at radius 2 is 1.91 bits per heavy atom. The van der Waals surface area contributed by atoms with Gasteiger partial charge in [0, 0.05) is 18.3 Å². The highest BCUT2D eigenvalue weighted by Gasteiger charge is 2.17. The SMILES string of the molecule is O=C(Cn1c(CO)cnc1SCC(=O)Nc1ccc2c(c1)OCO2)NCc1ccc(F)cc1. The summed E-state index contributed by atoms with van der Waals surface area (Å²) in [7, 11) is 0. The number of carbonyl (C=O) groups is 2. The van der Waals surface area contributed by atoms with Crippen LogP contribution in [0.4, 0.5) is 10.1 Å². The van der Waals surface area contributed by atoms with Gasteiger partial charge in [-0.2, -0.15) is 0 Å². The number of fused-ring (bicyclic) bond motifs is 1. The molecule has 0 saturated carbocycles. The minimum atomic E-state index is -0.347. The van der Waals surface area contributed by atoms with Crippen molar-refractivity contribution in [3.05, 3.63) is 65.7 Å². The van der Waals surface area contributed by atoms with Gasteiger partial charge in [0.15, 0.2) is 16.7 Å². The molecular weight excluding hydrogens is 451 g/mol. The maximum atomic E-state index is 13.0. The Labute approximate surface area is 192 Å². The van der Waals surface area contributed by atoms with E-state index in [1.54, 1.807) is 34.9 Å². The molecule has 0 aliphatic carbocycles. The monoisotopic (exact) mass is 472 g/mol. The van der Waals surface area contributed by atoms with Crippen molar-refractivity contribution in [2.24, 2.45) is 0 Å². The summed E-state index contributed by atoms with van der Waals surface area (Å²) in [6.07, 6.45) is 1.46. The highest BCUT2D eigenvalue weighted by molar-refractivity contribution is 7.99. The normalized spacial score (nSPS) is 11.9. The number of thioether (sulfide) groups is 1. The van der Waals surface area contributed by atoms with Crippen LogP contribution in [0.15, 0.2) is 53.8 Å². The molecule has 1 aliphatic rings. The van der Waals surface area contributed by atoms with E-state index < -0.39 is 0 Å². The van der Waals surface area contributed by atoms with Gasteiger partial charge in [-0.15, -0.1) is 0 Å². The largest absolute Gasteiger partial charge is 0.454 e. The van der Waals surface area contributed by atoms with E-state index in [4.69, 9.17) is 9.47 Å². The number of aliphatic hydroxyl groups excluding tert-OH is 1. The van der Waals surface area contributed by atoms with Gasteiger partial charge in [-0.05, 0) is 29.8 Å². The summed E-state index contributed by atoms with van der Waals surface area (Å²) < 4.78 is 25.1. The zero-order valence-electron chi connectivity index (χ0n) is 17.4. The minimum absolute atomic E-state index is 0.0491. The van der Waals surface area contributed by atoms with Crippen LogP contribution in [-0.2, 0) is 29.3 Å². The molecular formula is C22H21FN4O5S. The maximum Gasteiger partial charge on any atom is 0.240 e. The maximum absolute atomic E-state index is 13.0. The summed E-state index contributed by atoms with van der Waals surface area (Å²) in [5.41, 5.74) is 1.78. The summed E-state index contributed by atoms with van der Waals surface area (Å²) >= 11 is 1.15. The number of hydrogen-bond donors (Lipinski definition) is 3. The Bertz CT molecular complexity index is 1150. The van der Waals surface area contributed by atoms with E-state index in [1.165, 1.54) is 18.3 Å². The lowest BCUT2D eigenvalue weighted by atomic mass is 10.2. The first-order valence-corrected chi connectivity index (χ1v) is 11.0. The first kappa shape index (κ1) is 22.6. The summed E-state index contributed by atoms with van der Waals surface area (Å²) in [6, 6.07) is 10.9. The van der Waals surface area contributed by atoms with E-state index >= 15 is 0 Å². The van der Waals surface area contributed by atoms with Crippen molar-refractivity contribution in [3.8, 4) is 11.5 Å². The van der Waals surface area contributed by atoms with Gasteiger partial charge < -0.3 is 29.8 Å². The smallest absolute Gasteiger partial charge is 0.240 e. The van der Waals surface area contributed by atoms with E-state index in [0.717, 1.165) is 17.3 Å². The summed E-state index contributed by atoms with van der Waals surface area (Å²) in [6.45, 7) is 0.00396. The van der Waals surface area contributed by atoms with Crippen molar-refractivity contribution in [1.29, 1.82) is 0 Å². The Kier molecular flexibility index (Phi) is 7.10. The molecule has 33 heavy (non-hydrogen) atoms. The van der Waals surface area contributed by atoms with Crippen LogP contribution >= 0.6 is 11.8 Å². The van der Waals surface area contributed by atoms with Crippen LogP contribution in [0.5, 0.6) is 11.5 Å². The second kappa shape index (κ2) is 10.4. The van der Waals surface area contributed by atoms with Gasteiger partial charge >= 0.3 is 0 Å². The molecule has 1 aromatic heterocycles. The number of anilines is 1. The van der Waals surface area contributed by atoms with Gasteiger partial charge in [0.25, 0.3) is 0 Å². The van der Waals surface area contributed by atoms with Crippen LogP contribution in [-0.4, -0.2) is 39.0 Å². The molecule has 1 aliphatic heterocycles. The van der Waals surface area contributed by atoms with Gasteiger partial charge in [-0.25, -0.2) is 9.37 Å². The van der Waals surface area contributed by atoms with E-state index in [0.29, 0.717) is 28.0 Å². The first-order valence-electron chi connectivity index (χ1n) is 10.0. The predicted octanol–water partition coefficient (Wildman–Crippen LogP) is 2.29. The molecule has 2 amide bonds. The van der Waals surface area contributed by atoms with E-state index in [2.05, 4.69) is 15.6 Å². The summed E-state index contributed by atoms with van der Waals surface area (Å²) in [4.78, 5) is 29.0. The van der Waals surface area contributed by atoms with Crippen molar-refractivity contribution in [3.63, 3.8) is 0 Å². The Hall–Kier alpha value is -3.57. The molecule has 0 unspecified atom stereocenters. The molecule has 172 valence electrons. The third-order valence-electron chi connectivity index (χ3n) is 4.76. The molecule has 3 N–H and O–H groups in total. The molecule has 0 radical (unpaired) electrons. The molecule has 0 bridgehead atoms. The molecule has 2 aromatic carbocycles. The van der Waals surface area contributed by atoms with Crippen molar-refractivity contribution in [2.75, 3.05) is 17.9 Å². The number of ether oxygens (including phenoxy) is 2. The van der Waals surface area contributed by atoms with Gasteiger partial charge in [-0.3, -0.25) is 9.59 Å². The molecule has 0 fully saturated rings. The summed E-state index contributed by atoms with van der Waals surface area (Å²) in [5, 5.41) is 15.5. The average Bonchev–Trinajstić information content (AvgIpc) is 3.43. The lowest BCUT2D eigenvalue weighted by Gasteiger charge is -2.11. The van der Waals surface area contributed by atoms with Gasteiger partial charge in [0.1, 0.15) is 12.4 Å². The van der Waals surface area contributed by atoms with E-state index in [9.17, 15) is 19.1 Å². The number of hydrogen-bond acceptors (Lipinski definition) is 7. The Morgan fingerprint density at radius 1 is 1.12 bits per heavy atom. The molecule has 4 rings (SSSR count).